The van der Waals surface area contributed by atoms with E-state index in [4.69, 9.17) is 10.8 Å². The molecule has 0 saturated carbocycles. The lowest BCUT2D eigenvalue weighted by atomic mass is 10.1. The fourth-order valence-electron chi connectivity index (χ4n) is 0.963. The van der Waals surface area contributed by atoms with Crippen LogP contribution < -0.4 is 10.5 Å². The normalized spacial score (nSPS) is 10.7. The zero-order chi connectivity index (χ0) is 9.84. The van der Waals surface area contributed by atoms with Crippen molar-refractivity contribution in [2.45, 2.75) is 12.5 Å². The van der Waals surface area contributed by atoms with Crippen LogP contribution in [0.3, 0.4) is 0 Å². The van der Waals surface area contributed by atoms with Crippen molar-refractivity contribution in [2.24, 2.45) is 5.73 Å². The van der Waals surface area contributed by atoms with Gasteiger partial charge in [0, 0.05) is 18.1 Å². The number of nitrogens with two attached hydrogens (primary N) is 1. The van der Waals surface area contributed by atoms with Crippen molar-refractivity contribution in [2.75, 3.05) is 0 Å². The molecule has 0 amide bonds. The molecule has 1 unspecified atom stereocenters. The highest BCUT2D eigenvalue weighted by Crippen LogP contribution is 1.98. The second-order valence-electron chi connectivity index (χ2n) is 2.72. The third-order valence-corrected chi connectivity index (χ3v) is 1.61. The second-order valence-corrected chi connectivity index (χ2v) is 2.72. The van der Waals surface area contributed by atoms with Crippen molar-refractivity contribution in [3.63, 3.8) is 0 Å². The number of carboxylic acids is 1. The minimum Gasteiger partial charge on any atom is -0.619 e. The molecular formula is C8H12Cl2N2O3. The maximum absolute atomic E-state index is 10.8. The van der Waals surface area contributed by atoms with Crippen molar-refractivity contribution >= 4 is 30.8 Å². The fraction of sp³-hybridized carbons (Fsp3) is 0.250. The molecule has 0 bridgehead atoms. The minimum absolute atomic E-state index is 0. The Balaban J connectivity index is 0. The maximum atomic E-state index is 10.8. The minimum atomic E-state index is -1.07. The third-order valence-electron chi connectivity index (χ3n) is 1.61. The topological polar surface area (TPSA) is 90.3 Å². The van der Waals surface area contributed by atoms with Crippen molar-refractivity contribution < 1.29 is 14.6 Å². The lowest BCUT2D eigenvalue weighted by Crippen LogP contribution is -2.33. The molecule has 7 heteroatoms. The quantitative estimate of drug-likeness (QED) is 0.592. The summed E-state index contributed by atoms with van der Waals surface area (Å²) in [6.07, 6.45) is 2.80. The summed E-state index contributed by atoms with van der Waals surface area (Å²) in [5.41, 5.74) is 5.91. The van der Waals surface area contributed by atoms with Gasteiger partial charge >= 0.3 is 5.97 Å². The number of halogens is 2. The molecule has 1 heterocycles. The van der Waals surface area contributed by atoms with Crippen molar-refractivity contribution in [3.8, 4) is 0 Å². The molecule has 0 spiro atoms. The Hall–Kier alpha value is -1.04. The van der Waals surface area contributed by atoms with E-state index >= 15 is 0 Å². The number of hydrogen-bond donors (Lipinski definition) is 2. The van der Waals surface area contributed by atoms with Crippen LogP contribution in [-0.4, -0.2) is 17.1 Å². The molecule has 0 aliphatic rings. The lowest BCUT2D eigenvalue weighted by Gasteiger charge is -2.05. The molecule has 0 fully saturated rings. The second kappa shape index (κ2) is 7.28. The van der Waals surface area contributed by atoms with Gasteiger partial charge in [-0.1, -0.05) is 0 Å². The van der Waals surface area contributed by atoms with Gasteiger partial charge in [-0.15, -0.1) is 24.8 Å². The Labute approximate surface area is 99.3 Å². The molecule has 15 heavy (non-hydrogen) atoms. The average Bonchev–Trinajstić information content (AvgIpc) is 2.04. The summed E-state index contributed by atoms with van der Waals surface area (Å²) in [6, 6.07) is 2.26. The summed E-state index contributed by atoms with van der Waals surface area (Å²) in [7, 11) is 0. The molecular weight excluding hydrogens is 243 g/mol. The number of rotatable bonds is 3. The largest absolute Gasteiger partial charge is 0.619 e. The van der Waals surface area contributed by atoms with Gasteiger partial charge in [0.15, 0.2) is 12.4 Å². The number of aliphatic carboxylic acids is 1. The predicted octanol–water partition coefficient (Wildman–Crippen LogP) is 0.118. The molecule has 5 nitrogen and oxygen atoms in total. The number of carbonyl (C=O) groups is 1. The highest BCUT2D eigenvalue weighted by molar-refractivity contribution is 5.85. The molecule has 3 N–H and O–H groups in total. The average molecular weight is 255 g/mol. The number of hydrogen-bond acceptors (Lipinski definition) is 3. The van der Waals surface area contributed by atoms with Crippen molar-refractivity contribution in [1.82, 2.24) is 0 Å². The maximum Gasteiger partial charge on any atom is 0.320 e. The summed E-state index contributed by atoms with van der Waals surface area (Å²) in [5, 5.41) is 19.3. The van der Waals surface area contributed by atoms with Crippen LogP contribution in [-0.2, 0) is 11.2 Å². The van der Waals surface area contributed by atoms with E-state index in [0.717, 1.165) is 0 Å². The summed E-state index contributed by atoms with van der Waals surface area (Å²) in [6.45, 7) is 0. The third kappa shape index (κ3) is 5.41. The fourth-order valence-corrected chi connectivity index (χ4v) is 0.963. The highest BCUT2D eigenvalue weighted by Gasteiger charge is 2.12. The van der Waals surface area contributed by atoms with E-state index in [9.17, 15) is 10.0 Å². The van der Waals surface area contributed by atoms with Gasteiger partial charge in [-0.2, -0.15) is 4.73 Å². The Bertz CT molecular complexity index is 323. The first-order valence-corrected chi connectivity index (χ1v) is 3.75. The van der Waals surface area contributed by atoms with Crippen LogP contribution in [0, 0.1) is 5.21 Å². The van der Waals surface area contributed by atoms with E-state index in [-0.39, 0.29) is 31.2 Å². The zero-order valence-corrected chi connectivity index (χ0v) is 9.33. The number of nitrogens with zero attached hydrogens (tertiary/aromatic N) is 1. The summed E-state index contributed by atoms with van der Waals surface area (Å²) in [5.74, 6) is -1.07. The molecule has 86 valence electrons. The highest BCUT2D eigenvalue weighted by atomic mass is 35.5. The van der Waals surface area contributed by atoms with Gasteiger partial charge in [-0.05, 0) is 6.07 Å². The van der Waals surface area contributed by atoms with E-state index < -0.39 is 12.0 Å². The standard InChI is InChI=1S/C8H10N2O3.2ClH/c9-7(8(11)12)4-6-2-1-3-10(13)5-6;;/h1-3,5,7H,4,9H2,(H,11,12);2*1H. The van der Waals surface area contributed by atoms with Crippen LogP contribution in [0.1, 0.15) is 5.56 Å². The molecule has 1 aromatic rings. The van der Waals surface area contributed by atoms with E-state index in [1.165, 1.54) is 12.4 Å². The van der Waals surface area contributed by atoms with E-state index in [1.807, 2.05) is 0 Å². The van der Waals surface area contributed by atoms with Gasteiger partial charge in [0.2, 0.25) is 0 Å². The lowest BCUT2D eigenvalue weighted by molar-refractivity contribution is -0.605. The van der Waals surface area contributed by atoms with Gasteiger partial charge in [0.05, 0.1) is 0 Å². The Morgan fingerprint density at radius 1 is 1.60 bits per heavy atom. The Morgan fingerprint density at radius 2 is 2.20 bits per heavy atom. The van der Waals surface area contributed by atoms with E-state index in [1.54, 1.807) is 12.1 Å². The smallest absolute Gasteiger partial charge is 0.320 e. The van der Waals surface area contributed by atoms with Crippen LogP contribution in [0.5, 0.6) is 0 Å². The van der Waals surface area contributed by atoms with Gasteiger partial charge in [0.25, 0.3) is 0 Å². The first kappa shape index (κ1) is 16.4. The van der Waals surface area contributed by atoms with Gasteiger partial charge in [-0.25, -0.2) is 0 Å². The van der Waals surface area contributed by atoms with Gasteiger partial charge in [0.1, 0.15) is 6.04 Å². The summed E-state index contributed by atoms with van der Waals surface area (Å²) >= 11 is 0. The number of carboxylic acid groups (broad SMARTS) is 1. The molecule has 0 aliphatic carbocycles. The van der Waals surface area contributed by atoms with Crippen LogP contribution >= 0.6 is 24.8 Å². The summed E-state index contributed by atoms with van der Waals surface area (Å²) < 4.78 is 0.615. The number of pyridine rings is 1. The molecule has 0 aromatic carbocycles. The molecule has 1 rings (SSSR count). The molecule has 0 radical (unpaired) electrons. The molecule has 0 saturated heterocycles. The van der Waals surface area contributed by atoms with Crippen molar-refractivity contribution in [3.05, 3.63) is 35.3 Å². The first-order valence-electron chi connectivity index (χ1n) is 3.75. The van der Waals surface area contributed by atoms with E-state index in [2.05, 4.69) is 0 Å². The van der Waals surface area contributed by atoms with Gasteiger partial charge in [-0.3, -0.25) is 4.79 Å². The van der Waals surface area contributed by atoms with Crippen LogP contribution in [0.15, 0.2) is 24.5 Å². The Morgan fingerprint density at radius 3 is 2.67 bits per heavy atom. The molecule has 1 aromatic heterocycles. The van der Waals surface area contributed by atoms with Crippen molar-refractivity contribution in [1.29, 1.82) is 0 Å². The predicted molar refractivity (Wildman–Crippen MR) is 59.2 cm³/mol. The SMILES string of the molecule is Cl.Cl.NC(Cc1ccc[n+]([O-])c1)C(=O)O. The zero-order valence-electron chi connectivity index (χ0n) is 7.70. The van der Waals surface area contributed by atoms with Crippen LogP contribution in [0.4, 0.5) is 0 Å². The Kier molecular flexibility index (Phi) is 7.95. The summed E-state index contributed by atoms with van der Waals surface area (Å²) in [4.78, 5) is 10.4. The van der Waals surface area contributed by atoms with Gasteiger partial charge < -0.3 is 16.0 Å². The molecule has 1 atom stereocenters. The molecule has 0 aliphatic heterocycles. The van der Waals surface area contributed by atoms with E-state index in [0.29, 0.717) is 10.3 Å². The number of aromatic nitrogens is 1. The van der Waals surface area contributed by atoms with Crippen LogP contribution in [0.2, 0.25) is 0 Å². The monoisotopic (exact) mass is 254 g/mol. The first-order chi connectivity index (χ1) is 6.09. The van der Waals surface area contributed by atoms with Crippen LogP contribution in [0.25, 0.3) is 0 Å².